The van der Waals surface area contributed by atoms with Crippen LogP contribution in [0.4, 0.5) is 0 Å². The Labute approximate surface area is 196 Å². The van der Waals surface area contributed by atoms with E-state index >= 15 is 0 Å². The van der Waals surface area contributed by atoms with Crippen molar-refractivity contribution in [2.45, 2.75) is 39.9 Å². The zero-order chi connectivity index (χ0) is 24.1. The van der Waals surface area contributed by atoms with Crippen LogP contribution in [0.1, 0.15) is 27.7 Å². The van der Waals surface area contributed by atoms with Crippen LogP contribution in [0, 0.1) is 0 Å². The largest absolute Gasteiger partial charge is 0.493 e. The number of pyridine rings is 1. The summed E-state index contributed by atoms with van der Waals surface area (Å²) in [5.74, 6) is 2.42. The molecule has 0 spiro atoms. The highest BCUT2D eigenvalue weighted by atomic mass is 16.5. The first-order valence-electron chi connectivity index (χ1n) is 11.2. The summed E-state index contributed by atoms with van der Waals surface area (Å²) in [5, 5.41) is 3.46. The third-order valence-corrected chi connectivity index (χ3v) is 5.73. The van der Waals surface area contributed by atoms with Crippen LogP contribution < -0.4 is 24.6 Å². The fourth-order valence-corrected chi connectivity index (χ4v) is 4.39. The van der Waals surface area contributed by atoms with Crippen molar-refractivity contribution < 1.29 is 23.4 Å². The zero-order valence-electron chi connectivity index (χ0n) is 20.1. The van der Waals surface area contributed by atoms with Gasteiger partial charge < -0.3 is 27.8 Å². The number of benzene rings is 2. The van der Waals surface area contributed by atoms with Gasteiger partial charge in [0, 0.05) is 28.4 Å². The summed E-state index contributed by atoms with van der Waals surface area (Å²) in [4.78, 5) is 13.1. The number of aromatic nitrogens is 1. The third-order valence-electron chi connectivity index (χ3n) is 5.73. The number of rotatable bonds is 6. The number of nitrogens with zero attached hydrogens (tertiary/aromatic N) is 1. The van der Waals surface area contributed by atoms with Gasteiger partial charge in [-0.05, 0) is 63.4 Å². The molecule has 7 nitrogen and oxygen atoms in total. The topological polar surface area (TPSA) is 71.5 Å². The lowest BCUT2D eigenvalue weighted by molar-refractivity contribution is 0.230. The fourth-order valence-electron chi connectivity index (χ4n) is 4.39. The summed E-state index contributed by atoms with van der Waals surface area (Å²) in [6.07, 6.45) is 1.84. The number of hydrogen-bond donors (Lipinski definition) is 0. The third kappa shape index (κ3) is 3.48. The van der Waals surface area contributed by atoms with Gasteiger partial charge in [0.25, 0.3) is 0 Å². The molecule has 2 aromatic carbocycles. The molecule has 0 saturated heterocycles. The van der Waals surface area contributed by atoms with Gasteiger partial charge in [0.05, 0.1) is 31.9 Å². The van der Waals surface area contributed by atoms with Crippen molar-refractivity contribution in [3.05, 3.63) is 53.0 Å². The van der Waals surface area contributed by atoms with Gasteiger partial charge in [0.2, 0.25) is 0 Å². The summed E-state index contributed by atoms with van der Waals surface area (Å²) < 4.78 is 30.5. The first-order valence-corrected chi connectivity index (χ1v) is 11.2. The van der Waals surface area contributed by atoms with E-state index in [2.05, 4.69) is 0 Å². The number of methoxy groups -OCH3 is 2. The molecular weight excluding hydrogens is 434 g/mol. The molecule has 0 amide bonds. The van der Waals surface area contributed by atoms with Crippen LogP contribution in [0.2, 0.25) is 0 Å². The van der Waals surface area contributed by atoms with Gasteiger partial charge in [-0.25, -0.2) is 4.79 Å². The van der Waals surface area contributed by atoms with Gasteiger partial charge in [-0.2, -0.15) is 0 Å². The van der Waals surface area contributed by atoms with E-state index in [1.165, 1.54) is 0 Å². The summed E-state index contributed by atoms with van der Waals surface area (Å²) in [6, 6.07) is 11.4. The van der Waals surface area contributed by atoms with Crippen molar-refractivity contribution in [2.75, 3.05) is 14.2 Å². The van der Waals surface area contributed by atoms with Crippen LogP contribution in [0.5, 0.6) is 23.0 Å². The fraction of sp³-hybridized carbons (Fsp3) is 0.296. The second-order valence-electron chi connectivity index (χ2n) is 8.79. The smallest absolute Gasteiger partial charge is 0.361 e. The minimum atomic E-state index is -0.422. The van der Waals surface area contributed by atoms with Crippen LogP contribution in [0.15, 0.2) is 51.8 Å². The van der Waals surface area contributed by atoms with Crippen molar-refractivity contribution in [1.82, 2.24) is 4.40 Å². The lowest BCUT2D eigenvalue weighted by Gasteiger charge is -2.15. The number of ether oxygens (including phenoxy) is 4. The van der Waals surface area contributed by atoms with E-state index in [-0.39, 0.29) is 12.2 Å². The van der Waals surface area contributed by atoms with Crippen molar-refractivity contribution in [2.24, 2.45) is 0 Å². The average molecular weight is 462 g/mol. The molecule has 5 aromatic rings. The Hall–Kier alpha value is -3.87. The number of hydrogen-bond acceptors (Lipinski definition) is 6. The van der Waals surface area contributed by atoms with Crippen molar-refractivity contribution in [1.29, 1.82) is 0 Å². The zero-order valence-corrected chi connectivity index (χ0v) is 20.1. The molecule has 0 fully saturated rings. The maximum Gasteiger partial charge on any atom is 0.361 e. The monoisotopic (exact) mass is 461 g/mol. The maximum absolute atomic E-state index is 13.1. The van der Waals surface area contributed by atoms with Crippen LogP contribution >= 0.6 is 0 Å². The maximum atomic E-state index is 13.1. The minimum Gasteiger partial charge on any atom is -0.493 e. The van der Waals surface area contributed by atoms with Gasteiger partial charge in [-0.1, -0.05) is 0 Å². The molecule has 0 saturated carbocycles. The van der Waals surface area contributed by atoms with E-state index in [0.717, 1.165) is 27.1 Å². The number of fused-ring (bicyclic) bond motifs is 7. The second kappa shape index (κ2) is 8.17. The molecule has 0 radical (unpaired) electrons. The first-order chi connectivity index (χ1) is 16.3. The van der Waals surface area contributed by atoms with Gasteiger partial charge in [0.15, 0.2) is 23.0 Å². The molecule has 0 aliphatic rings. The molecule has 0 bridgehead atoms. The van der Waals surface area contributed by atoms with E-state index in [0.29, 0.717) is 34.1 Å². The molecule has 0 N–H and O–H groups in total. The molecular formula is C27H27NO6. The Balaban J connectivity index is 1.84. The van der Waals surface area contributed by atoms with Gasteiger partial charge >= 0.3 is 5.63 Å². The predicted molar refractivity (Wildman–Crippen MR) is 133 cm³/mol. The molecule has 0 aliphatic carbocycles. The highest BCUT2D eigenvalue weighted by Gasteiger charge is 2.19. The van der Waals surface area contributed by atoms with Crippen LogP contribution in [-0.4, -0.2) is 30.8 Å². The molecule has 5 rings (SSSR count). The summed E-state index contributed by atoms with van der Waals surface area (Å²) >= 11 is 0. The van der Waals surface area contributed by atoms with E-state index in [4.69, 9.17) is 23.4 Å². The standard InChI is InChI=1S/C27H27NO6/c1-14(2)32-24-9-16-7-8-28-20(17(16)11-22(24)30-5)10-19-18-12-23(31-6)25(33-15(3)4)13-21(18)34-27(29)26(19)28/h7-15H,1-6H3. The Kier molecular flexibility index (Phi) is 5.27. The molecule has 34 heavy (non-hydrogen) atoms. The predicted octanol–water partition coefficient (Wildman–Crippen LogP) is 5.94. The normalized spacial score (nSPS) is 11.9. The molecule has 7 heteroatoms. The van der Waals surface area contributed by atoms with E-state index in [1.54, 1.807) is 20.3 Å². The SMILES string of the molecule is COc1cc2c(ccn3c2cc2c4cc(OC)c(OC(C)C)cc4oc(=O)c23)cc1OC(C)C. The molecule has 3 heterocycles. The summed E-state index contributed by atoms with van der Waals surface area (Å²) in [6.45, 7) is 7.81. The van der Waals surface area contributed by atoms with Crippen molar-refractivity contribution in [3.8, 4) is 23.0 Å². The Morgan fingerprint density at radius 2 is 1.38 bits per heavy atom. The first kappa shape index (κ1) is 21.9. The van der Waals surface area contributed by atoms with Crippen LogP contribution in [-0.2, 0) is 0 Å². The Morgan fingerprint density at radius 3 is 2.00 bits per heavy atom. The highest BCUT2D eigenvalue weighted by Crippen LogP contribution is 2.39. The van der Waals surface area contributed by atoms with Crippen LogP contribution in [0.25, 0.3) is 38.2 Å². The van der Waals surface area contributed by atoms with E-state index in [9.17, 15) is 4.79 Å². The van der Waals surface area contributed by atoms with Gasteiger partial charge in [0.1, 0.15) is 11.1 Å². The minimum absolute atomic E-state index is 0.0153. The summed E-state index contributed by atoms with van der Waals surface area (Å²) in [5.41, 5.74) is 1.35. The molecule has 0 atom stereocenters. The lowest BCUT2D eigenvalue weighted by Crippen LogP contribution is -2.07. The lowest BCUT2D eigenvalue weighted by atomic mass is 10.1. The van der Waals surface area contributed by atoms with Gasteiger partial charge in [-0.3, -0.25) is 0 Å². The van der Waals surface area contributed by atoms with E-state index in [1.807, 2.05) is 68.6 Å². The van der Waals surface area contributed by atoms with Crippen LogP contribution in [0.3, 0.4) is 0 Å². The van der Waals surface area contributed by atoms with Gasteiger partial charge in [-0.15, -0.1) is 0 Å². The average Bonchev–Trinajstić information content (AvgIpc) is 3.18. The molecule has 0 aliphatic heterocycles. The quantitative estimate of drug-likeness (QED) is 0.291. The Bertz CT molecular complexity index is 1610. The highest BCUT2D eigenvalue weighted by molar-refractivity contribution is 6.11. The molecule has 0 unspecified atom stereocenters. The van der Waals surface area contributed by atoms with Crippen molar-refractivity contribution in [3.63, 3.8) is 0 Å². The molecule has 3 aromatic heterocycles. The Morgan fingerprint density at radius 1 is 0.765 bits per heavy atom. The van der Waals surface area contributed by atoms with E-state index < -0.39 is 5.63 Å². The second-order valence-corrected chi connectivity index (χ2v) is 8.79. The summed E-state index contributed by atoms with van der Waals surface area (Å²) in [7, 11) is 3.21. The van der Waals surface area contributed by atoms with Crippen molar-refractivity contribution >= 4 is 38.2 Å². The molecule has 176 valence electrons.